The fraction of sp³-hybridized carbons (Fsp3) is 0.562. The van der Waals surface area contributed by atoms with E-state index in [1.165, 1.54) is 5.56 Å². The summed E-state index contributed by atoms with van der Waals surface area (Å²) < 4.78 is 5.39. The van der Waals surface area contributed by atoms with E-state index < -0.39 is 0 Å². The number of carbonyl (C=O) groups is 1. The Morgan fingerprint density at radius 1 is 1.40 bits per heavy atom. The van der Waals surface area contributed by atoms with Crippen molar-refractivity contribution < 1.29 is 9.53 Å². The second kappa shape index (κ2) is 7.90. The van der Waals surface area contributed by atoms with Gasteiger partial charge in [-0.1, -0.05) is 25.1 Å². The number of benzene rings is 1. The Bertz CT molecular complexity index is 434. The summed E-state index contributed by atoms with van der Waals surface area (Å²) in [6.07, 6.45) is 2.74. The molecular formula is C16H24N2O2. The van der Waals surface area contributed by atoms with E-state index in [4.69, 9.17) is 4.74 Å². The van der Waals surface area contributed by atoms with Crippen molar-refractivity contribution in [3.05, 3.63) is 29.8 Å². The number of hydrogen-bond acceptors (Lipinski definition) is 3. The van der Waals surface area contributed by atoms with Crippen molar-refractivity contribution in [2.45, 2.75) is 26.2 Å². The maximum Gasteiger partial charge on any atom is 0.225 e. The highest BCUT2D eigenvalue weighted by Crippen LogP contribution is 2.24. The first kappa shape index (κ1) is 14.9. The third-order valence-corrected chi connectivity index (χ3v) is 3.51. The Morgan fingerprint density at radius 2 is 2.25 bits per heavy atom. The van der Waals surface area contributed by atoms with E-state index in [9.17, 15) is 4.79 Å². The van der Waals surface area contributed by atoms with Gasteiger partial charge in [-0.3, -0.25) is 4.79 Å². The lowest BCUT2D eigenvalue weighted by atomic mass is 9.93. The molecule has 0 spiro atoms. The molecule has 1 aromatic rings. The fourth-order valence-electron chi connectivity index (χ4n) is 2.40. The van der Waals surface area contributed by atoms with Gasteiger partial charge in [-0.05, 0) is 30.9 Å². The fourth-order valence-corrected chi connectivity index (χ4v) is 2.40. The zero-order chi connectivity index (χ0) is 14.2. The molecule has 0 saturated heterocycles. The van der Waals surface area contributed by atoms with Gasteiger partial charge in [0.05, 0.1) is 5.92 Å². The number of anilines is 1. The minimum Gasteiger partial charge on any atom is -0.384 e. The zero-order valence-corrected chi connectivity index (χ0v) is 12.2. The molecule has 1 unspecified atom stereocenters. The summed E-state index contributed by atoms with van der Waals surface area (Å²) >= 11 is 0. The van der Waals surface area contributed by atoms with Crippen LogP contribution in [0, 0.1) is 5.92 Å². The summed E-state index contributed by atoms with van der Waals surface area (Å²) in [4.78, 5) is 12.1. The standard InChI is InChI=1S/C16H24N2O2/c1-2-9-20-10-5-8-17-16(19)14-11-13-6-3-4-7-15(13)18-12-14/h3-4,6-7,14,18H,2,5,8-12H2,1H3,(H,17,19). The minimum absolute atomic E-state index is 0.0291. The molecule has 2 N–H and O–H groups in total. The Labute approximate surface area is 120 Å². The van der Waals surface area contributed by atoms with Crippen molar-refractivity contribution in [2.24, 2.45) is 5.92 Å². The summed E-state index contributed by atoms with van der Waals surface area (Å²) in [7, 11) is 0. The molecule has 1 aliphatic rings. The third kappa shape index (κ3) is 4.23. The first-order chi connectivity index (χ1) is 9.81. The van der Waals surface area contributed by atoms with Crippen molar-refractivity contribution in [1.29, 1.82) is 0 Å². The molecule has 0 aliphatic carbocycles. The van der Waals surface area contributed by atoms with E-state index >= 15 is 0 Å². The third-order valence-electron chi connectivity index (χ3n) is 3.51. The Balaban J connectivity index is 1.69. The maximum absolute atomic E-state index is 12.1. The summed E-state index contributed by atoms with van der Waals surface area (Å²) in [5.74, 6) is 0.170. The molecule has 4 heteroatoms. The predicted octanol–water partition coefficient (Wildman–Crippen LogP) is 2.20. The van der Waals surface area contributed by atoms with Crippen molar-refractivity contribution in [2.75, 3.05) is 31.6 Å². The number of nitrogens with one attached hydrogen (secondary N) is 2. The van der Waals surface area contributed by atoms with E-state index in [0.717, 1.165) is 44.7 Å². The number of amides is 1. The largest absolute Gasteiger partial charge is 0.384 e. The van der Waals surface area contributed by atoms with Crippen LogP contribution in [-0.2, 0) is 16.0 Å². The molecule has 1 aromatic carbocycles. The van der Waals surface area contributed by atoms with Crippen molar-refractivity contribution in [3.8, 4) is 0 Å². The van der Waals surface area contributed by atoms with Gasteiger partial charge in [-0.2, -0.15) is 0 Å². The van der Waals surface area contributed by atoms with Crippen LogP contribution in [0.15, 0.2) is 24.3 Å². The Kier molecular flexibility index (Phi) is 5.87. The van der Waals surface area contributed by atoms with E-state index in [0.29, 0.717) is 6.54 Å². The van der Waals surface area contributed by atoms with Gasteiger partial charge in [-0.15, -0.1) is 0 Å². The number of fused-ring (bicyclic) bond motifs is 1. The summed E-state index contributed by atoms with van der Waals surface area (Å²) in [6.45, 7) is 5.03. The highest BCUT2D eigenvalue weighted by atomic mass is 16.5. The lowest BCUT2D eigenvalue weighted by molar-refractivity contribution is -0.124. The highest BCUT2D eigenvalue weighted by molar-refractivity contribution is 5.80. The van der Waals surface area contributed by atoms with E-state index in [2.05, 4.69) is 29.7 Å². The van der Waals surface area contributed by atoms with Crippen molar-refractivity contribution in [1.82, 2.24) is 5.32 Å². The molecule has 0 saturated carbocycles. The van der Waals surface area contributed by atoms with Crippen LogP contribution < -0.4 is 10.6 Å². The van der Waals surface area contributed by atoms with Crippen LogP contribution in [0.1, 0.15) is 25.3 Å². The van der Waals surface area contributed by atoms with Crippen LogP contribution in [0.3, 0.4) is 0 Å². The second-order valence-corrected chi connectivity index (χ2v) is 5.20. The smallest absolute Gasteiger partial charge is 0.225 e. The molecule has 0 radical (unpaired) electrons. The van der Waals surface area contributed by atoms with Crippen molar-refractivity contribution >= 4 is 11.6 Å². The van der Waals surface area contributed by atoms with E-state index in [1.807, 2.05) is 12.1 Å². The van der Waals surface area contributed by atoms with Gasteiger partial charge in [0.1, 0.15) is 0 Å². The lowest BCUT2D eigenvalue weighted by Crippen LogP contribution is -2.38. The Morgan fingerprint density at radius 3 is 3.10 bits per heavy atom. The van der Waals surface area contributed by atoms with Gasteiger partial charge in [-0.25, -0.2) is 0 Å². The van der Waals surface area contributed by atoms with Crippen LogP contribution in [-0.4, -0.2) is 32.2 Å². The molecule has 1 aliphatic heterocycles. The lowest BCUT2D eigenvalue weighted by Gasteiger charge is -2.25. The number of carbonyl (C=O) groups excluding carboxylic acids is 1. The Hall–Kier alpha value is -1.55. The first-order valence-electron chi connectivity index (χ1n) is 7.48. The zero-order valence-electron chi connectivity index (χ0n) is 12.2. The van der Waals surface area contributed by atoms with Gasteiger partial charge < -0.3 is 15.4 Å². The second-order valence-electron chi connectivity index (χ2n) is 5.20. The highest BCUT2D eigenvalue weighted by Gasteiger charge is 2.23. The molecule has 1 amide bonds. The summed E-state index contributed by atoms with van der Waals surface area (Å²) in [6, 6.07) is 8.18. The molecular weight excluding hydrogens is 252 g/mol. The van der Waals surface area contributed by atoms with Crippen LogP contribution in [0.4, 0.5) is 5.69 Å². The van der Waals surface area contributed by atoms with Gasteiger partial charge in [0.15, 0.2) is 0 Å². The molecule has 20 heavy (non-hydrogen) atoms. The summed E-state index contributed by atoms with van der Waals surface area (Å²) in [5.41, 5.74) is 2.38. The average Bonchev–Trinajstić information content (AvgIpc) is 2.50. The monoisotopic (exact) mass is 276 g/mol. The van der Waals surface area contributed by atoms with Crippen molar-refractivity contribution in [3.63, 3.8) is 0 Å². The molecule has 0 bridgehead atoms. The molecule has 0 aromatic heterocycles. The van der Waals surface area contributed by atoms with Gasteiger partial charge in [0.25, 0.3) is 0 Å². The maximum atomic E-state index is 12.1. The minimum atomic E-state index is 0.0291. The topological polar surface area (TPSA) is 50.4 Å². The van der Waals surface area contributed by atoms with Gasteiger partial charge in [0.2, 0.25) is 5.91 Å². The number of hydrogen-bond donors (Lipinski definition) is 2. The molecule has 0 fully saturated rings. The van der Waals surface area contributed by atoms with Crippen LogP contribution in [0.25, 0.3) is 0 Å². The van der Waals surface area contributed by atoms with Crippen LogP contribution in [0.5, 0.6) is 0 Å². The number of para-hydroxylation sites is 1. The van der Waals surface area contributed by atoms with Crippen LogP contribution in [0.2, 0.25) is 0 Å². The van der Waals surface area contributed by atoms with Gasteiger partial charge >= 0.3 is 0 Å². The molecule has 4 nitrogen and oxygen atoms in total. The molecule has 2 rings (SSSR count). The SMILES string of the molecule is CCCOCCCNC(=O)C1CNc2ccccc2C1. The molecule has 1 atom stereocenters. The normalized spacial score (nSPS) is 17.1. The predicted molar refractivity (Wildman–Crippen MR) is 80.9 cm³/mol. The molecule has 110 valence electrons. The quantitative estimate of drug-likeness (QED) is 0.751. The number of rotatable bonds is 7. The first-order valence-corrected chi connectivity index (χ1v) is 7.48. The summed E-state index contributed by atoms with van der Waals surface area (Å²) in [5, 5.41) is 6.33. The van der Waals surface area contributed by atoms with Crippen LogP contribution >= 0.6 is 0 Å². The van der Waals surface area contributed by atoms with E-state index in [-0.39, 0.29) is 11.8 Å². The number of ether oxygens (including phenoxy) is 1. The average molecular weight is 276 g/mol. The molecule has 1 heterocycles. The van der Waals surface area contributed by atoms with Gasteiger partial charge in [0, 0.05) is 32.0 Å². The van der Waals surface area contributed by atoms with E-state index in [1.54, 1.807) is 0 Å².